The van der Waals surface area contributed by atoms with Gasteiger partial charge in [0.25, 0.3) is 0 Å². The number of carbonyl (C=O) groups is 1. The van der Waals surface area contributed by atoms with E-state index in [1.54, 1.807) is 11.8 Å². The van der Waals surface area contributed by atoms with E-state index >= 15 is 0 Å². The first-order chi connectivity index (χ1) is 5.22. The van der Waals surface area contributed by atoms with Crippen molar-refractivity contribution in [3.63, 3.8) is 0 Å². The van der Waals surface area contributed by atoms with Crippen LogP contribution in [-0.2, 0) is 4.79 Å². The molecule has 0 amide bonds. The van der Waals surface area contributed by atoms with Crippen molar-refractivity contribution in [1.29, 1.82) is 0 Å². The van der Waals surface area contributed by atoms with Gasteiger partial charge >= 0.3 is 5.97 Å². The van der Waals surface area contributed by atoms with Crippen LogP contribution in [0, 0.1) is 5.92 Å². The highest BCUT2D eigenvalue weighted by Gasteiger charge is 2.29. The molecule has 1 rings (SSSR count). The monoisotopic (exact) mass is 178 g/mol. The van der Waals surface area contributed by atoms with Crippen molar-refractivity contribution in [3.8, 4) is 0 Å². The van der Waals surface area contributed by atoms with E-state index in [1.807, 2.05) is 0 Å². The molecule has 2 nitrogen and oxygen atoms in total. The van der Waals surface area contributed by atoms with Crippen LogP contribution in [0.3, 0.4) is 0 Å². The maximum absolute atomic E-state index is 13.0. The van der Waals surface area contributed by atoms with Crippen molar-refractivity contribution in [2.24, 2.45) is 5.92 Å². The quantitative estimate of drug-likeness (QED) is 0.662. The minimum atomic E-state index is -1.14. The van der Waals surface area contributed by atoms with Crippen LogP contribution < -0.4 is 0 Å². The Balaban J connectivity index is 2.52. The second-order valence-corrected chi connectivity index (χ2v) is 3.88. The molecule has 0 aromatic heterocycles. The van der Waals surface area contributed by atoms with Crippen LogP contribution in [0.25, 0.3) is 0 Å². The normalized spacial score (nSPS) is 32.8. The van der Waals surface area contributed by atoms with Crippen molar-refractivity contribution in [2.45, 2.75) is 19.0 Å². The number of halogens is 1. The molecule has 0 aromatic rings. The summed E-state index contributed by atoms with van der Waals surface area (Å²) in [5.41, 5.74) is 0. The molecular formula is C7H11FO2S. The molecule has 2 unspecified atom stereocenters. The zero-order valence-corrected chi connectivity index (χ0v) is 6.94. The Morgan fingerprint density at radius 2 is 2.09 bits per heavy atom. The fraction of sp³-hybridized carbons (Fsp3) is 0.857. The van der Waals surface area contributed by atoms with Gasteiger partial charge in [0, 0.05) is 0 Å². The van der Waals surface area contributed by atoms with E-state index in [1.165, 1.54) is 0 Å². The molecule has 2 atom stereocenters. The summed E-state index contributed by atoms with van der Waals surface area (Å²) in [7, 11) is 0. The molecule has 1 N–H and O–H groups in total. The summed E-state index contributed by atoms with van der Waals surface area (Å²) in [5, 5.41) is 8.58. The zero-order chi connectivity index (χ0) is 8.27. The minimum Gasteiger partial charge on any atom is -0.481 e. The Kier molecular flexibility index (Phi) is 3.17. The van der Waals surface area contributed by atoms with Crippen molar-refractivity contribution in [3.05, 3.63) is 0 Å². The van der Waals surface area contributed by atoms with Gasteiger partial charge < -0.3 is 5.11 Å². The fourth-order valence-corrected chi connectivity index (χ4v) is 2.19. The van der Waals surface area contributed by atoms with Crippen LogP contribution in [-0.4, -0.2) is 28.8 Å². The number of hydrogen-bond acceptors (Lipinski definition) is 2. The standard InChI is InChI=1S/C7H11FO2S/c8-6-2-4-11-3-1-5(6)7(9)10/h5-6H,1-4H2,(H,9,10). The number of carboxylic acids is 1. The number of rotatable bonds is 1. The summed E-state index contributed by atoms with van der Waals surface area (Å²) in [4.78, 5) is 10.5. The van der Waals surface area contributed by atoms with Crippen molar-refractivity contribution >= 4 is 17.7 Å². The highest BCUT2D eigenvalue weighted by atomic mass is 32.2. The molecule has 0 saturated carbocycles. The lowest BCUT2D eigenvalue weighted by molar-refractivity contribution is -0.144. The molecule has 0 radical (unpaired) electrons. The number of thioether (sulfide) groups is 1. The molecule has 1 fully saturated rings. The summed E-state index contributed by atoms with van der Waals surface area (Å²) < 4.78 is 13.0. The third-order valence-corrected chi connectivity index (χ3v) is 2.91. The Morgan fingerprint density at radius 3 is 2.73 bits per heavy atom. The number of alkyl halides is 1. The number of carboxylic acid groups (broad SMARTS) is 1. The second kappa shape index (κ2) is 3.95. The molecule has 4 heteroatoms. The van der Waals surface area contributed by atoms with Crippen molar-refractivity contribution in [1.82, 2.24) is 0 Å². The first-order valence-corrected chi connectivity index (χ1v) is 4.82. The van der Waals surface area contributed by atoms with Gasteiger partial charge in [0.15, 0.2) is 0 Å². The van der Waals surface area contributed by atoms with Gasteiger partial charge in [-0.3, -0.25) is 4.79 Å². The largest absolute Gasteiger partial charge is 0.481 e. The number of aliphatic carboxylic acids is 1. The maximum Gasteiger partial charge on any atom is 0.309 e. The van der Waals surface area contributed by atoms with E-state index in [4.69, 9.17) is 5.11 Å². The molecule has 1 aliphatic rings. The summed E-state index contributed by atoms with van der Waals surface area (Å²) in [5.74, 6) is -0.215. The van der Waals surface area contributed by atoms with E-state index < -0.39 is 18.1 Å². The molecule has 11 heavy (non-hydrogen) atoms. The highest BCUT2D eigenvalue weighted by Crippen LogP contribution is 2.24. The predicted molar refractivity (Wildman–Crippen MR) is 42.6 cm³/mol. The zero-order valence-electron chi connectivity index (χ0n) is 6.12. The first-order valence-electron chi connectivity index (χ1n) is 3.66. The molecule has 1 aliphatic heterocycles. The Morgan fingerprint density at radius 1 is 1.45 bits per heavy atom. The summed E-state index contributed by atoms with van der Waals surface area (Å²) >= 11 is 1.64. The average Bonchev–Trinajstić information content (AvgIpc) is 2.13. The van der Waals surface area contributed by atoms with Crippen LogP contribution >= 0.6 is 11.8 Å². The van der Waals surface area contributed by atoms with Gasteiger partial charge in [-0.2, -0.15) is 11.8 Å². The predicted octanol–water partition coefficient (Wildman–Crippen LogP) is 1.55. The lowest BCUT2D eigenvalue weighted by Gasteiger charge is -2.11. The van der Waals surface area contributed by atoms with Crippen molar-refractivity contribution in [2.75, 3.05) is 11.5 Å². The van der Waals surface area contributed by atoms with E-state index in [2.05, 4.69) is 0 Å². The smallest absolute Gasteiger partial charge is 0.309 e. The third kappa shape index (κ3) is 2.36. The van der Waals surface area contributed by atoms with Crippen LogP contribution in [0.1, 0.15) is 12.8 Å². The Labute approximate surface area is 69.2 Å². The fourth-order valence-electron chi connectivity index (χ4n) is 1.17. The molecule has 0 aliphatic carbocycles. The molecule has 0 bridgehead atoms. The van der Waals surface area contributed by atoms with Gasteiger partial charge in [0.1, 0.15) is 6.17 Å². The minimum absolute atomic E-state index is 0.391. The molecular weight excluding hydrogens is 167 g/mol. The second-order valence-electron chi connectivity index (χ2n) is 2.65. The van der Waals surface area contributed by atoms with E-state index in [9.17, 15) is 9.18 Å². The van der Waals surface area contributed by atoms with Gasteiger partial charge in [-0.1, -0.05) is 0 Å². The highest BCUT2D eigenvalue weighted by molar-refractivity contribution is 7.99. The van der Waals surface area contributed by atoms with Crippen LogP contribution in [0.4, 0.5) is 4.39 Å². The van der Waals surface area contributed by atoms with Gasteiger partial charge in [-0.15, -0.1) is 0 Å². The van der Waals surface area contributed by atoms with Gasteiger partial charge in [-0.05, 0) is 24.3 Å². The summed E-state index contributed by atoms with van der Waals surface area (Å²) in [6.45, 7) is 0. The number of hydrogen-bond donors (Lipinski definition) is 1. The summed E-state index contributed by atoms with van der Waals surface area (Å²) in [6.07, 6.45) is -0.273. The Hall–Kier alpha value is -0.250. The van der Waals surface area contributed by atoms with Crippen molar-refractivity contribution < 1.29 is 14.3 Å². The molecule has 1 saturated heterocycles. The molecule has 64 valence electrons. The van der Waals surface area contributed by atoms with Crippen LogP contribution in [0.2, 0.25) is 0 Å². The van der Waals surface area contributed by atoms with Crippen LogP contribution in [0.15, 0.2) is 0 Å². The lowest BCUT2D eigenvalue weighted by Crippen LogP contribution is -2.24. The van der Waals surface area contributed by atoms with E-state index in [0.29, 0.717) is 12.8 Å². The van der Waals surface area contributed by atoms with Gasteiger partial charge in [-0.25, -0.2) is 4.39 Å². The molecule has 0 aromatic carbocycles. The third-order valence-electron chi connectivity index (χ3n) is 1.86. The average molecular weight is 178 g/mol. The topological polar surface area (TPSA) is 37.3 Å². The molecule has 0 spiro atoms. The van der Waals surface area contributed by atoms with Gasteiger partial charge in [0.2, 0.25) is 0 Å². The van der Waals surface area contributed by atoms with E-state index in [-0.39, 0.29) is 0 Å². The molecule has 1 heterocycles. The summed E-state index contributed by atoms with van der Waals surface area (Å²) in [6, 6.07) is 0. The van der Waals surface area contributed by atoms with Gasteiger partial charge in [0.05, 0.1) is 5.92 Å². The lowest BCUT2D eigenvalue weighted by atomic mass is 9.99. The van der Waals surface area contributed by atoms with E-state index in [0.717, 1.165) is 11.5 Å². The maximum atomic E-state index is 13.0. The Bertz CT molecular complexity index is 151. The SMILES string of the molecule is O=C(O)C1CCSCCC1F. The first kappa shape index (κ1) is 8.84. The van der Waals surface area contributed by atoms with Crippen LogP contribution in [0.5, 0.6) is 0 Å².